The third kappa shape index (κ3) is 2.22. The van der Waals surface area contributed by atoms with Gasteiger partial charge in [0.2, 0.25) is 0 Å². The van der Waals surface area contributed by atoms with Gasteiger partial charge in [0.15, 0.2) is 0 Å². The summed E-state index contributed by atoms with van der Waals surface area (Å²) in [6.45, 7) is 0. The van der Waals surface area contributed by atoms with Crippen molar-refractivity contribution in [2.45, 2.75) is 31.5 Å². The van der Waals surface area contributed by atoms with Crippen LogP contribution in [-0.2, 0) is 0 Å². The Morgan fingerprint density at radius 3 is 2.78 bits per heavy atom. The fourth-order valence-electron chi connectivity index (χ4n) is 2.19. The summed E-state index contributed by atoms with van der Waals surface area (Å²) in [6, 6.07) is 10.1. The van der Waals surface area contributed by atoms with Crippen molar-refractivity contribution < 1.29 is 9.84 Å². The molecule has 1 heterocycles. The van der Waals surface area contributed by atoms with Crippen LogP contribution >= 0.6 is 0 Å². The highest BCUT2D eigenvalue weighted by molar-refractivity contribution is 5.29. The standard InChI is InChI=1S/C13H15N3O2/c17-11-7-4-8-12(11)18-13-14-9-16(15-13)10-5-2-1-3-6-10/h1-3,5-6,9,11-12,17H,4,7-8H2/t11-,12-/m0/s1. The van der Waals surface area contributed by atoms with Crippen LogP contribution in [0.2, 0.25) is 0 Å². The molecule has 1 aromatic carbocycles. The number of nitrogens with zero attached hydrogens (tertiary/aromatic N) is 3. The predicted molar refractivity (Wildman–Crippen MR) is 65.6 cm³/mol. The average Bonchev–Trinajstić information content (AvgIpc) is 3.02. The highest BCUT2D eigenvalue weighted by Gasteiger charge is 2.27. The first kappa shape index (κ1) is 11.2. The predicted octanol–water partition coefficient (Wildman–Crippen LogP) is 1.56. The highest BCUT2D eigenvalue weighted by Crippen LogP contribution is 2.22. The van der Waals surface area contributed by atoms with Gasteiger partial charge in [0.05, 0.1) is 11.8 Å². The Morgan fingerprint density at radius 1 is 1.22 bits per heavy atom. The monoisotopic (exact) mass is 245 g/mol. The zero-order valence-electron chi connectivity index (χ0n) is 9.94. The van der Waals surface area contributed by atoms with Crippen molar-refractivity contribution in [3.63, 3.8) is 0 Å². The molecule has 3 rings (SSSR count). The van der Waals surface area contributed by atoms with Gasteiger partial charge in [-0.25, -0.2) is 4.68 Å². The maximum absolute atomic E-state index is 9.69. The van der Waals surface area contributed by atoms with Crippen molar-refractivity contribution >= 4 is 0 Å². The Balaban J connectivity index is 1.74. The molecule has 1 aliphatic carbocycles. The second kappa shape index (κ2) is 4.78. The summed E-state index contributed by atoms with van der Waals surface area (Å²) < 4.78 is 7.26. The maximum Gasteiger partial charge on any atom is 0.336 e. The van der Waals surface area contributed by atoms with E-state index in [1.807, 2.05) is 30.3 Å². The number of aliphatic hydroxyl groups excluding tert-OH is 1. The molecule has 0 amide bonds. The van der Waals surface area contributed by atoms with Crippen LogP contribution in [-0.4, -0.2) is 32.1 Å². The number of benzene rings is 1. The summed E-state index contributed by atoms with van der Waals surface area (Å²) in [5.41, 5.74) is 0.937. The number of aromatic nitrogens is 3. The van der Waals surface area contributed by atoms with Gasteiger partial charge in [-0.15, -0.1) is 5.10 Å². The summed E-state index contributed by atoms with van der Waals surface area (Å²) >= 11 is 0. The van der Waals surface area contributed by atoms with E-state index in [4.69, 9.17) is 4.74 Å². The molecule has 5 heteroatoms. The lowest BCUT2D eigenvalue weighted by Crippen LogP contribution is -2.26. The molecule has 0 radical (unpaired) electrons. The lowest BCUT2D eigenvalue weighted by Gasteiger charge is -2.13. The van der Waals surface area contributed by atoms with Gasteiger partial charge in [-0.3, -0.25) is 0 Å². The lowest BCUT2D eigenvalue weighted by molar-refractivity contribution is 0.0542. The SMILES string of the molecule is O[C@H]1CCC[C@@H]1Oc1ncn(-c2ccccc2)n1. The van der Waals surface area contributed by atoms with Crippen LogP contribution in [0, 0.1) is 0 Å². The largest absolute Gasteiger partial charge is 0.456 e. The van der Waals surface area contributed by atoms with Crippen molar-refractivity contribution in [1.82, 2.24) is 14.8 Å². The second-order valence-electron chi connectivity index (χ2n) is 4.46. The molecule has 0 unspecified atom stereocenters. The fraction of sp³-hybridized carbons (Fsp3) is 0.385. The van der Waals surface area contributed by atoms with Gasteiger partial charge in [-0.1, -0.05) is 18.2 Å². The lowest BCUT2D eigenvalue weighted by atomic mass is 10.3. The highest BCUT2D eigenvalue weighted by atomic mass is 16.5. The number of ether oxygens (including phenoxy) is 1. The van der Waals surface area contributed by atoms with E-state index in [1.165, 1.54) is 0 Å². The van der Waals surface area contributed by atoms with E-state index < -0.39 is 6.10 Å². The number of para-hydroxylation sites is 1. The number of hydrogen-bond donors (Lipinski definition) is 1. The van der Waals surface area contributed by atoms with E-state index in [0.29, 0.717) is 6.01 Å². The molecule has 1 fully saturated rings. The molecule has 1 N–H and O–H groups in total. The Labute approximate surface area is 105 Å². The first-order valence-corrected chi connectivity index (χ1v) is 6.15. The van der Waals surface area contributed by atoms with Crippen LogP contribution in [0.1, 0.15) is 19.3 Å². The Hall–Kier alpha value is -1.88. The van der Waals surface area contributed by atoms with E-state index in [2.05, 4.69) is 10.1 Å². The molecule has 0 spiro atoms. The minimum atomic E-state index is -0.395. The molecule has 1 aromatic heterocycles. The van der Waals surface area contributed by atoms with Crippen molar-refractivity contribution in [2.24, 2.45) is 0 Å². The second-order valence-corrected chi connectivity index (χ2v) is 4.46. The van der Waals surface area contributed by atoms with Crippen LogP contribution < -0.4 is 4.74 Å². The van der Waals surface area contributed by atoms with Crippen LogP contribution in [0.15, 0.2) is 36.7 Å². The molecule has 1 aliphatic rings. The van der Waals surface area contributed by atoms with E-state index >= 15 is 0 Å². The molecule has 0 saturated heterocycles. The van der Waals surface area contributed by atoms with Crippen molar-refractivity contribution in [1.29, 1.82) is 0 Å². The van der Waals surface area contributed by atoms with Crippen molar-refractivity contribution in [3.8, 4) is 11.7 Å². The molecule has 2 aromatic rings. The quantitative estimate of drug-likeness (QED) is 0.891. The summed E-state index contributed by atoms with van der Waals surface area (Å²) in [7, 11) is 0. The molecule has 1 saturated carbocycles. The molecule has 2 atom stereocenters. The van der Waals surface area contributed by atoms with E-state index in [0.717, 1.165) is 24.9 Å². The van der Waals surface area contributed by atoms with Gasteiger partial charge >= 0.3 is 6.01 Å². The first-order chi connectivity index (χ1) is 8.83. The van der Waals surface area contributed by atoms with Gasteiger partial charge in [0.25, 0.3) is 0 Å². The van der Waals surface area contributed by atoms with Gasteiger partial charge in [-0.05, 0) is 31.4 Å². The topological polar surface area (TPSA) is 60.2 Å². The molecule has 0 aliphatic heterocycles. The van der Waals surface area contributed by atoms with Crippen molar-refractivity contribution in [2.75, 3.05) is 0 Å². The normalized spacial score (nSPS) is 23.2. The Kier molecular flexibility index (Phi) is 2.98. The summed E-state index contributed by atoms with van der Waals surface area (Å²) in [6.07, 6.45) is 3.70. The Bertz CT molecular complexity index is 512. The first-order valence-electron chi connectivity index (χ1n) is 6.15. The van der Waals surface area contributed by atoms with E-state index in [-0.39, 0.29) is 6.10 Å². The molecule has 18 heavy (non-hydrogen) atoms. The zero-order valence-corrected chi connectivity index (χ0v) is 9.94. The molecular weight excluding hydrogens is 230 g/mol. The van der Waals surface area contributed by atoms with Crippen LogP contribution in [0.3, 0.4) is 0 Å². The molecule has 0 bridgehead atoms. The third-order valence-electron chi connectivity index (χ3n) is 3.17. The minimum absolute atomic E-state index is 0.170. The van der Waals surface area contributed by atoms with E-state index in [9.17, 15) is 5.11 Å². The molecular formula is C13H15N3O2. The Morgan fingerprint density at radius 2 is 2.06 bits per heavy atom. The maximum atomic E-state index is 9.69. The van der Waals surface area contributed by atoms with E-state index in [1.54, 1.807) is 11.0 Å². The molecule has 94 valence electrons. The smallest absolute Gasteiger partial charge is 0.336 e. The van der Waals surface area contributed by atoms with Crippen LogP contribution in [0.4, 0.5) is 0 Å². The summed E-state index contributed by atoms with van der Waals surface area (Å²) in [5, 5.41) is 13.9. The zero-order chi connectivity index (χ0) is 12.4. The van der Waals surface area contributed by atoms with Crippen molar-refractivity contribution in [3.05, 3.63) is 36.7 Å². The van der Waals surface area contributed by atoms with Crippen LogP contribution in [0.5, 0.6) is 6.01 Å². The number of rotatable bonds is 3. The van der Waals surface area contributed by atoms with Gasteiger partial charge < -0.3 is 9.84 Å². The summed E-state index contributed by atoms with van der Waals surface area (Å²) in [4.78, 5) is 4.11. The van der Waals surface area contributed by atoms with Gasteiger partial charge in [0.1, 0.15) is 12.4 Å². The van der Waals surface area contributed by atoms with Gasteiger partial charge in [0, 0.05) is 0 Å². The number of aliphatic hydroxyl groups is 1. The fourth-order valence-corrected chi connectivity index (χ4v) is 2.19. The number of hydrogen-bond acceptors (Lipinski definition) is 4. The third-order valence-corrected chi connectivity index (χ3v) is 3.17. The van der Waals surface area contributed by atoms with Crippen LogP contribution in [0.25, 0.3) is 5.69 Å². The minimum Gasteiger partial charge on any atom is -0.456 e. The molecule has 5 nitrogen and oxygen atoms in total. The summed E-state index contributed by atoms with van der Waals surface area (Å²) in [5.74, 6) is 0. The van der Waals surface area contributed by atoms with Gasteiger partial charge in [-0.2, -0.15) is 4.98 Å². The average molecular weight is 245 g/mol.